The van der Waals surface area contributed by atoms with E-state index < -0.39 is 14.9 Å². The van der Waals surface area contributed by atoms with E-state index in [1.807, 2.05) is 19.1 Å². The van der Waals surface area contributed by atoms with Crippen molar-refractivity contribution in [2.75, 3.05) is 24.2 Å². The van der Waals surface area contributed by atoms with Gasteiger partial charge in [0.15, 0.2) is 0 Å². The Balaban J connectivity index is 1.97. The van der Waals surface area contributed by atoms with Crippen molar-refractivity contribution in [3.63, 3.8) is 0 Å². The fourth-order valence-corrected chi connectivity index (χ4v) is 3.88. The van der Waals surface area contributed by atoms with Gasteiger partial charge < -0.3 is 10.1 Å². The molecule has 1 N–H and O–H groups in total. The minimum absolute atomic E-state index is 0.0321. The van der Waals surface area contributed by atoms with Crippen LogP contribution in [0.15, 0.2) is 48.5 Å². The Hall–Kier alpha value is -3.14. The van der Waals surface area contributed by atoms with E-state index in [1.165, 1.54) is 24.3 Å². The summed E-state index contributed by atoms with van der Waals surface area (Å²) < 4.78 is 30.5. The number of carbonyl (C=O) groups is 1. The van der Waals surface area contributed by atoms with Crippen molar-refractivity contribution in [3.8, 4) is 5.75 Å². The topological polar surface area (TPSA) is 119 Å². The van der Waals surface area contributed by atoms with Gasteiger partial charge in [0.1, 0.15) is 5.75 Å². The molecule has 0 aliphatic rings. The molecule has 0 saturated heterocycles. The summed E-state index contributed by atoms with van der Waals surface area (Å²) in [5, 5.41) is 13.8. The van der Waals surface area contributed by atoms with Gasteiger partial charge in [0.2, 0.25) is 15.9 Å². The van der Waals surface area contributed by atoms with Gasteiger partial charge in [-0.05, 0) is 37.1 Å². The Bertz CT molecular complexity index is 992. The number of sulfonamides is 1. The highest BCUT2D eigenvalue weighted by Crippen LogP contribution is 2.23. The van der Waals surface area contributed by atoms with Crippen LogP contribution in [0.5, 0.6) is 5.75 Å². The van der Waals surface area contributed by atoms with E-state index in [2.05, 4.69) is 5.32 Å². The molecule has 1 atom stereocenters. The second-order valence-corrected chi connectivity index (χ2v) is 8.68. The molecule has 0 spiro atoms. The average molecular weight is 436 g/mol. The Morgan fingerprint density at radius 1 is 1.23 bits per heavy atom. The third kappa shape index (κ3) is 6.45. The van der Waals surface area contributed by atoms with E-state index in [9.17, 15) is 23.3 Å². The van der Waals surface area contributed by atoms with Crippen LogP contribution < -0.4 is 14.4 Å². The Kier molecular flexibility index (Phi) is 7.76. The fraction of sp³-hybridized carbons (Fsp3) is 0.350. The predicted octanol–water partition coefficient (Wildman–Crippen LogP) is 3.03. The number of hydrogen-bond donors (Lipinski definition) is 1. The normalized spacial score (nSPS) is 12.1. The molecule has 0 aliphatic carbocycles. The third-order valence-corrected chi connectivity index (χ3v) is 5.68. The molecule has 162 valence electrons. The van der Waals surface area contributed by atoms with Crippen molar-refractivity contribution in [1.82, 2.24) is 5.32 Å². The number of benzene rings is 2. The molecular weight excluding hydrogens is 410 g/mol. The SMILES string of the molecule is COc1ccc(C(C)NC(=O)CCCN(c2cccc([N+](=O)[O-])c2)S(C)(=O)=O)cc1. The summed E-state index contributed by atoms with van der Waals surface area (Å²) in [6.45, 7) is 1.88. The van der Waals surface area contributed by atoms with E-state index in [1.54, 1.807) is 19.2 Å². The monoisotopic (exact) mass is 435 g/mol. The lowest BCUT2D eigenvalue weighted by atomic mass is 10.1. The highest BCUT2D eigenvalue weighted by molar-refractivity contribution is 7.92. The van der Waals surface area contributed by atoms with Crippen LogP contribution >= 0.6 is 0 Å². The van der Waals surface area contributed by atoms with Gasteiger partial charge in [-0.2, -0.15) is 0 Å². The lowest BCUT2D eigenvalue weighted by Gasteiger charge is -2.22. The highest BCUT2D eigenvalue weighted by Gasteiger charge is 2.20. The molecule has 0 heterocycles. The number of nitrogens with zero attached hydrogens (tertiary/aromatic N) is 2. The zero-order valence-electron chi connectivity index (χ0n) is 17.1. The van der Waals surface area contributed by atoms with Crippen LogP contribution in [0.3, 0.4) is 0 Å². The molecule has 10 heteroatoms. The number of ether oxygens (including phenoxy) is 1. The van der Waals surface area contributed by atoms with E-state index in [0.29, 0.717) is 0 Å². The molecule has 0 aliphatic heterocycles. The van der Waals surface area contributed by atoms with E-state index in [4.69, 9.17) is 4.74 Å². The molecule has 1 amide bonds. The summed E-state index contributed by atoms with van der Waals surface area (Å²) in [5.74, 6) is 0.505. The maximum absolute atomic E-state index is 12.3. The smallest absolute Gasteiger partial charge is 0.271 e. The highest BCUT2D eigenvalue weighted by atomic mass is 32.2. The van der Waals surface area contributed by atoms with Crippen molar-refractivity contribution in [3.05, 3.63) is 64.2 Å². The zero-order valence-corrected chi connectivity index (χ0v) is 17.9. The molecule has 0 fully saturated rings. The zero-order chi connectivity index (χ0) is 22.3. The molecule has 2 rings (SSSR count). The number of rotatable bonds is 10. The molecule has 1 unspecified atom stereocenters. The first-order valence-corrected chi connectivity index (χ1v) is 11.1. The fourth-order valence-electron chi connectivity index (χ4n) is 2.92. The number of non-ortho nitro benzene ring substituents is 1. The van der Waals surface area contributed by atoms with E-state index >= 15 is 0 Å². The maximum atomic E-state index is 12.3. The Labute approximate surface area is 175 Å². The van der Waals surface area contributed by atoms with Gasteiger partial charge in [-0.15, -0.1) is 0 Å². The van der Waals surface area contributed by atoms with Gasteiger partial charge in [0, 0.05) is 25.1 Å². The van der Waals surface area contributed by atoms with Gasteiger partial charge in [0.05, 0.1) is 30.0 Å². The molecule has 2 aromatic rings. The predicted molar refractivity (Wildman–Crippen MR) is 114 cm³/mol. The van der Waals surface area contributed by atoms with Crippen LogP contribution in [0.4, 0.5) is 11.4 Å². The van der Waals surface area contributed by atoms with Gasteiger partial charge in [-0.1, -0.05) is 18.2 Å². The van der Waals surface area contributed by atoms with Crippen molar-refractivity contribution < 1.29 is 22.9 Å². The average Bonchev–Trinajstić information content (AvgIpc) is 2.70. The van der Waals surface area contributed by atoms with Crippen LogP contribution in [0, 0.1) is 10.1 Å². The van der Waals surface area contributed by atoms with Crippen molar-refractivity contribution in [2.45, 2.75) is 25.8 Å². The van der Waals surface area contributed by atoms with Gasteiger partial charge >= 0.3 is 0 Å². The van der Waals surface area contributed by atoms with Gasteiger partial charge in [-0.25, -0.2) is 8.42 Å². The number of methoxy groups -OCH3 is 1. The summed E-state index contributed by atoms with van der Waals surface area (Å²) >= 11 is 0. The van der Waals surface area contributed by atoms with Crippen LogP contribution in [-0.2, 0) is 14.8 Å². The summed E-state index contributed by atoms with van der Waals surface area (Å²) in [5.41, 5.74) is 0.907. The number of carbonyl (C=O) groups excluding carboxylic acids is 1. The van der Waals surface area contributed by atoms with Gasteiger partial charge in [-0.3, -0.25) is 19.2 Å². The summed E-state index contributed by atoms with van der Waals surface area (Å²) in [4.78, 5) is 22.6. The maximum Gasteiger partial charge on any atom is 0.271 e. The van der Waals surface area contributed by atoms with Crippen LogP contribution in [0.25, 0.3) is 0 Å². The van der Waals surface area contributed by atoms with E-state index in [-0.39, 0.29) is 42.7 Å². The number of nitrogens with one attached hydrogen (secondary N) is 1. The lowest BCUT2D eigenvalue weighted by Crippen LogP contribution is -2.32. The Morgan fingerprint density at radius 2 is 1.90 bits per heavy atom. The minimum Gasteiger partial charge on any atom is -0.497 e. The first-order valence-electron chi connectivity index (χ1n) is 9.27. The molecule has 2 aromatic carbocycles. The Morgan fingerprint density at radius 3 is 2.47 bits per heavy atom. The number of amides is 1. The number of nitro groups is 1. The molecule has 0 radical (unpaired) electrons. The quantitative estimate of drug-likeness (QED) is 0.453. The standard InChI is InChI=1S/C20H25N3O6S/c1-15(16-9-11-19(29-2)12-10-16)21-20(24)8-5-13-22(30(3,27)28)17-6-4-7-18(14-17)23(25)26/h4,6-7,9-12,14-15H,5,8,13H2,1-3H3,(H,21,24). The van der Waals surface area contributed by atoms with Crippen molar-refractivity contribution >= 4 is 27.3 Å². The summed E-state index contributed by atoms with van der Waals surface area (Å²) in [6.07, 6.45) is 1.40. The van der Waals surface area contributed by atoms with Crippen LogP contribution in [0.2, 0.25) is 0 Å². The molecule has 0 saturated carbocycles. The number of anilines is 1. The number of hydrogen-bond acceptors (Lipinski definition) is 6. The molecule has 9 nitrogen and oxygen atoms in total. The largest absolute Gasteiger partial charge is 0.497 e. The molecular formula is C20H25N3O6S. The molecule has 0 bridgehead atoms. The van der Waals surface area contributed by atoms with E-state index in [0.717, 1.165) is 21.9 Å². The van der Waals surface area contributed by atoms with Gasteiger partial charge in [0.25, 0.3) is 5.69 Å². The number of nitro benzene ring substituents is 1. The molecule has 30 heavy (non-hydrogen) atoms. The van der Waals surface area contributed by atoms with Crippen LogP contribution in [-0.4, -0.2) is 39.2 Å². The second kappa shape index (κ2) is 10.1. The lowest BCUT2D eigenvalue weighted by molar-refractivity contribution is -0.384. The summed E-state index contributed by atoms with van der Waals surface area (Å²) in [7, 11) is -2.09. The third-order valence-electron chi connectivity index (χ3n) is 4.49. The minimum atomic E-state index is -3.66. The second-order valence-electron chi connectivity index (χ2n) is 6.78. The first-order chi connectivity index (χ1) is 14.1. The van der Waals surface area contributed by atoms with Crippen molar-refractivity contribution in [2.24, 2.45) is 0 Å². The molecule has 0 aromatic heterocycles. The first kappa shape index (κ1) is 23.1. The van der Waals surface area contributed by atoms with Crippen LogP contribution in [0.1, 0.15) is 31.4 Å². The van der Waals surface area contributed by atoms with Crippen molar-refractivity contribution in [1.29, 1.82) is 0 Å². The summed E-state index contributed by atoms with van der Waals surface area (Å²) in [6, 6.07) is 12.5.